The molecule has 0 unspecified atom stereocenters. The van der Waals surface area contributed by atoms with E-state index in [-0.39, 0.29) is 11.7 Å². The molecule has 6 rings (SSSR count). The van der Waals surface area contributed by atoms with Crippen molar-refractivity contribution in [3.63, 3.8) is 0 Å². The van der Waals surface area contributed by atoms with E-state index >= 15 is 0 Å². The Kier molecular flexibility index (Phi) is 4.66. The lowest BCUT2D eigenvalue weighted by molar-refractivity contribution is -0.140. The van der Waals surface area contributed by atoms with Gasteiger partial charge in [-0.05, 0) is 25.0 Å². The van der Waals surface area contributed by atoms with Crippen LogP contribution in [0.5, 0.6) is 5.88 Å². The standard InChI is InChI=1S/C25H25F3N8O/c1-34-12-18(25(26,27)28)32-23(34)15-6-7-19(29-10-15)36-9-8-17-16(11-36)22(33-35(17)2)20-21(14-4-5-14)30-13-31-24(20)37-3/h6-7,10,12-14H,4-5,8-9,11H2,1-3H3/i2D3. The average molecular weight is 514 g/mol. The zero-order chi connectivity index (χ0) is 28.4. The number of rotatable bonds is 5. The Morgan fingerprint density at radius 3 is 2.65 bits per heavy atom. The van der Waals surface area contributed by atoms with Gasteiger partial charge in [-0.1, -0.05) is 0 Å². The third kappa shape index (κ3) is 4.09. The number of aromatic nitrogens is 7. The summed E-state index contributed by atoms with van der Waals surface area (Å²) >= 11 is 0. The number of alkyl halides is 3. The van der Waals surface area contributed by atoms with Crippen LogP contribution in [0.15, 0.2) is 30.9 Å². The minimum Gasteiger partial charge on any atom is -0.480 e. The van der Waals surface area contributed by atoms with Gasteiger partial charge in [0, 0.05) is 72.8 Å². The van der Waals surface area contributed by atoms with Crippen LogP contribution in [0.3, 0.4) is 0 Å². The molecule has 5 heterocycles. The Morgan fingerprint density at radius 2 is 2.00 bits per heavy atom. The van der Waals surface area contributed by atoms with Crippen LogP contribution in [0.25, 0.3) is 22.6 Å². The van der Waals surface area contributed by atoms with Gasteiger partial charge < -0.3 is 14.2 Å². The van der Waals surface area contributed by atoms with Crippen molar-refractivity contribution in [1.82, 2.24) is 34.3 Å². The van der Waals surface area contributed by atoms with Crippen LogP contribution in [0.2, 0.25) is 0 Å². The topological polar surface area (TPSA) is 86.8 Å². The predicted molar refractivity (Wildman–Crippen MR) is 129 cm³/mol. The SMILES string of the molecule is [2H]C([2H])([2H])n1nc(-c2c(OC)ncnc2C2CC2)c2c1CCN(c1ccc(-c3nc(C(F)(F)F)cn3C)cn1)C2. The molecule has 1 aliphatic carbocycles. The number of pyridine rings is 1. The van der Waals surface area contributed by atoms with E-state index in [1.54, 1.807) is 12.1 Å². The van der Waals surface area contributed by atoms with Gasteiger partial charge >= 0.3 is 6.18 Å². The predicted octanol–water partition coefficient (Wildman–Crippen LogP) is 4.14. The van der Waals surface area contributed by atoms with Crippen LogP contribution in [0.4, 0.5) is 19.0 Å². The quantitative estimate of drug-likeness (QED) is 0.396. The van der Waals surface area contributed by atoms with E-state index in [1.807, 2.05) is 4.90 Å². The summed E-state index contributed by atoms with van der Waals surface area (Å²) in [6, 6.07) is 3.39. The van der Waals surface area contributed by atoms with Gasteiger partial charge in [0.25, 0.3) is 0 Å². The molecule has 4 aromatic rings. The molecule has 0 N–H and O–H groups in total. The Bertz CT molecular complexity index is 1580. The third-order valence-electron chi connectivity index (χ3n) is 6.79. The fourth-order valence-corrected chi connectivity index (χ4v) is 4.82. The molecule has 12 heteroatoms. The van der Waals surface area contributed by atoms with E-state index in [2.05, 4.69) is 25.0 Å². The zero-order valence-electron chi connectivity index (χ0n) is 23.1. The highest BCUT2D eigenvalue weighted by Gasteiger charge is 2.36. The Labute approximate surface area is 215 Å². The first-order chi connectivity index (χ1) is 19.0. The van der Waals surface area contributed by atoms with Crippen LogP contribution in [-0.2, 0) is 33.2 Å². The summed E-state index contributed by atoms with van der Waals surface area (Å²) in [5.41, 5.74) is 2.66. The lowest BCUT2D eigenvalue weighted by Gasteiger charge is -2.29. The van der Waals surface area contributed by atoms with Gasteiger partial charge in [-0.25, -0.2) is 19.9 Å². The summed E-state index contributed by atoms with van der Waals surface area (Å²) in [5, 5.41) is 4.57. The van der Waals surface area contributed by atoms with Crippen molar-refractivity contribution in [2.75, 3.05) is 18.6 Å². The van der Waals surface area contributed by atoms with Crippen LogP contribution >= 0.6 is 0 Å². The maximum absolute atomic E-state index is 13.1. The number of hydrogen-bond acceptors (Lipinski definition) is 7. The smallest absolute Gasteiger partial charge is 0.434 e. The molecular weight excluding hydrogens is 485 g/mol. The summed E-state index contributed by atoms with van der Waals surface area (Å²) in [7, 11) is 3.01. The summed E-state index contributed by atoms with van der Waals surface area (Å²) in [6.45, 7) is -1.70. The molecule has 0 radical (unpaired) electrons. The Morgan fingerprint density at radius 1 is 1.16 bits per heavy atom. The van der Waals surface area contributed by atoms with E-state index in [1.165, 1.54) is 31.2 Å². The number of hydrogen-bond donors (Lipinski definition) is 0. The van der Waals surface area contributed by atoms with Crippen LogP contribution in [0.1, 0.15) is 45.5 Å². The maximum atomic E-state index is 13.1. The largest absolute Gasteiger partial charge is 0.480 e. The van der Waals surface area contributed by atoms with Gasteiger partial charge in [0.1, 0.15) is 23.7 Å². The number of fused-ring (bicyclic) bond motifs is 1. The highest BCUT2D eigenvalue weighted by Crippen LogP contribution is 2.46. The molecule has 37 heavy (non-hydrogen) atoms. The zero-order valence-corrected chi connectivity index (χ0v) is 20.1. The molecule has 1 fully saturated rings. The minimum absolute atomic E-state index is 0.150. The highest BCUT2D eigenvalue weighted by atomic mass is 19.4. The maximum Gasteiger partial charge on any atom is 0.434 e. The lowest BCUT2D eigenvalue weighted by atomic mass is 9.99. The van der Waals surface area contributed by atoms with Gasteiger partial charge in [0.05, 0.1) is 18.4 Å². The number of imidazole rings is 1. The number of ether oxygens (including phenoxy) is 1. The van der Waals surface area contributed by atoms with Crippen LogP contribution in [0, 0.1) is 0 Å². The number of nitrogens with zero attached hydrogens (tertiary/aromatic N) is 8. The molecule has 0 bridgehead atoms. The lowest BCUT2D eigenvalue weighted by Crippen LogP contribution is -2.31. The molecule has 4 aromatic heterocycles. The third-order valence-corrected chi connectivity index (χ3v) is 6.79. The van der Waals surface area contributed by atoms with Gasteiger partial charge in [-0.15, -0.1) is 0 Å². The number of methoxy groups -OCH3 is 1. The van der Waals surface area contributed by atoms with Crippen LogP contribution in [-0.4, -0.2) is 47.9 Å². The first kappa shape index (κ1) is 20.1. The van der Waals surface area contributed by atoms with Gasteiger partial charge in [0.2, 0.25) is 5.88 Å². The average Bonchev–Trinajstić information content (AvgIpc) is 3.57. The van der Waals surface area contributed by atoms with E-state index in [0.717, 1.165) is 35.0 Å². The van der Waals surface area contributed by atoms with E-state index in [9.17, 15) is 13.2 Å². The first-order valence-electron chi connectivity index (χ1n) is 13.3. The van der Waals surface area contributed by atoms with Crippen molar-refractivity contribution in [2.24, 2.45) is 14.0 Å². The molecule has 2 aliphatic rings. The van der Waals surface area contributed by atoms with Crippen molar-refractivity contribution in [2.45, 2.75) is 37.9 Å². The number of aryl methyl sites for hydroxylation is 2. The van der Waals surface area contributed by atoms with E-state index < -0.39 is 18.8 Å². The molecular formula is C25H25F3N8O. The number of anilines is 1. The van der Waals surface area contributed by atoms with Gasteiger partial charge in [0.15, 0.2) is 5.69 Å². The monoisotopic (exact) mass is 513 g/mol. The molecule has 9 nitrogen and oxygen atoms in total. The molecule has 0 amide bonds. The summed E-state index contributed by atoms with van der Waals surface area (Å²) in [5.74, 6) is 1.31. The Hall–Kier alpha value is -3.96. The van der Waals surface area contributed by atoms with Crippen molar-refractivity contribution in [1.29, 1.82) is 0 Å². The van der Waals surface area contributed by atoms with Gasteiger partial charge in [-0.3, -0.25) is 4.68 Å². The van der Waals surface area contributed by atoms with Crippen molar-refractivity contribution < 1.29 is 22.0 Å². The molecule has 0 aromatic carbocycles. The fraction of sp³-hybridized carbons (Fsp3) is 0.400. The summed E-state index contributed by atoms with van der Waals surface area (Å²) in [4.78, 5) is 19.0. The molecule has 0 saturated heterocycles. The second-order valence-corrected chi connectivity index (χ2v) is 9.24. The van der Waals surface area contributed by atoms with Crippen molar-refractivity contribution in [3.05, 3.63) is 53.5 Å². The summed E-state index contributed by atoms with van der Waals surface area (Å²) < 4.78 is 71.6. The Balaban J connectivity index is 1.37. The van der Waals surface area contributed by atoms with Crippen LogP contribution < -0.4 is 9.64 Å². The van der Waals surface area contributed by atoms with Crippen molar-refractivity contribution in [3.8, 4) is 28.5 Å². The number of halogens is 3. The minimum atomic E-state index is -4.54. The van der Waals surface area contributed by atoms with Crippen molar-refractivity contribution >= 4 is 5.82 Å². The first-order valence-corrected chi connectivity index (χ1v) is 11.8. The van der Waals surface area contributed by atoms with E-state index in [0.29, 0.717) is 53.7 Å². The summed E-state index contributed by atoms with van der Waals surface area (Å²) in [6.07, 6.45) is 1.66. The highest BCUT2D eigenvalue weighted by molar-refractivity contribution is 5.73. The normalized spacial score (nSPS) is 17.2. The molecule has 1 aliphatic heterocycles. The van der Waals surface area contributed by atoms with E-state index in [4.69, 9.17) is 8.85 Å². The molecule has 0 atom stereocenters. The molecule has 1 saturated carbocycles. The second-order valence-electron chi connectivity index (χ2n) is 9.24. The molecule has 192 valence electrons. The molecule has 0 spiro atoms. The second kappa shape index (κ2) is 8.56. The van der Waals surface area contributed by atoms with Gasteiger partial charge in [-0.2, -0.15) is 18.3 Å². The fourth-order valence-electron chi connectivity index (χ4n) is 4.82.